The van der Waals surface area contributed by atoms with E-state index in [9.17, 15) is 8.42 Å². The van der Waals surface area contributed by atoms with Crippen molar-refractivity contribution in [1.82, 2.24) is 10.0 Å². The van der Waals surface area contributed by atoms with Crippen molar-refractivity contribution in [3.63, 3.8) is 0 Å². The minimum atomic E-state index is -3.44. The molecule has 0 saturated heterocycles. The summed E-state index contributed by atoms with van der Waals surface area (Å²) in [4.78, 5) is 2.30. The summed E-state index contributed by atoms with van der Waals surface area (Å²) < 4.78 is 27.7. The molecule has 0 saturated carbocycles. The third-order valence-electron chi connectivity index (χ3n) is 3.39. The Hall–Kier alpha value is -0.430. The lowest BCUT2D eigenvalue weighted by atomic mass is 9.89. The topological polar surface area (TPSA) is 58.2 Å². The number of hydrogen-bond acceptors (Lipinski definition) is 4. The van der Waals surface area contributed by atoms with E-state index < -0.39 is 10.0 Å². The fourth-order valence-corrected chi connectivity index (χ4v) is 4.65. The van der Waals surface area contributed by atoms with Crippen LogP contribution in [0.5, 0.6) is 0 Å². The van der Waals surface area contributed by atoms with Crippen LogP contribution >= 0.6 is 11.3 Å². The van der Waals surface area contributed by atoms with Crippen molar-refractivity contribution < 1.29 is 8.42 Å². The Labute approximate surface area is 127 Å². The van der Waals surface area contributed by atoms with Gasteiger partial charge in [0.2, 0.25) is 10.0 Å². The van der Waals surface area contributed by atoms with Crippen molar-refractivity contribution in [2.24, 2.45) is 5.41 Å². The van der Waals surface area contributed by atoms with Crippen molar-refractivity contribution >= 4 is 21.4 Å². The quantitative estimate of drug-likeness (QED) is 0.848. The second-order valence-electron chi connectivity index (χ2n) is 6.12. The Morgan fingerprint density at radius 3 is 2.45 bits per heavy atom. The van der Waals surface area contributed by atoms with E-state index in [2.05, 4.69) is 10.0 Å². The molecule has 1 atom stereocenters. The van der Waals surface area contributed by atoms with Crippen molar-refractivity contribution in [2.75, 3.05) is 6.54 Å². The van der Waals surface area contributed by atoms with Crippen LogP contribution in [0, 0.1) is 12.3 Å². The number of aryl methyl sites for hydroxylation is 1. The summed E-state index contributed by atoms with van der Waals surface area (Å²) in [5, 5.41) is 3.22. The Morgan fingerprint density at radius 1 is 1.35 bits per heavy atom. The summed E-state index contributed by atoms with van der Waals surface area (Å²) in [6.07, 6.45) is 0. The molecule has 0 aliphatic rings. The highest BCUT2D eigenvalue weighted by molar-refractivity contribution is 7.89. The smallest absolute Gasteiger partial charge is 0.241 e. The van der Waals surface area contributed by atoms with Gasteiger partial charge in [0.05, 0.1) is 4.90 Å². The Kier molecular flexibility index (Phi) is 5.78. The maximum atomic E-state index is 12.5. The van der Waals surface area contributed by atoms with Gasteiger partial charge in [-0.3, -0.25) is 0 Å². The minimum Gasteiger partial charge on any atom is -0.312 e. The van der Waals surface area contributed by atoms with Gasteiger partial charge in [0.15, 0.2) is 0 Å². The zero-order valence-electron chi connectivity index (χ0n) is 13.2. The second-order valence-corrected chi connectivity index (χ2v) is 9.15. The molecule has 1 aromatic rings. The van der Waals surface area contributed by atoms with E-state index in [0.29, 0.717) is 11.4 Å². The van der Waals surface area contributed by atoms with Crippen molar-refractivity contribution in [3.05, 3.63) is 15.8 Å². The number of hydrogen-bond donors (Lipinski definition) is 2. The second kappa shape index (κ2) is 6.56. The molecule has 0 aromatic carbocycles. The van der Waals surface area contributed by atoms with Crippen molar-refractivity contribution in [2.45, 2.75) is 59.0 Å². The number of nitrogens with one attached hydrogen (secondary N) is 2. The molecule has 1 rings (SSSR count). The summed E-state index contributed by atoms with van der Waals surface area (Å²) in [6, 6.07) is 1.66. The minimum absolute atomic E-state index is 0.108. The number of sulfonamides is 1. The van der Waals surface area contributed by atoms with Gasteiger partial charge in [-0.25, -0.2) is 13.1 Å². The third-order valence-corrected chi connectivity index (χ3v) is 6.24. The van der Waals surface area contributed by atoms with Crippen LogP contribution in [0.1, 0.15) is 44.4 Å². The molecule has 2 N–H and O–H groups in total. The highest BCUT2D eigenvalue weighted by Crippen LogP contribution is 2.27. The lowest BCUT2D eigenvalue weighted by Crippen LogP contribution is -2.41. The summed E-state index contributed by atoms with van der Waals surface area (Å²) in [6.45, 7) is 13.5. The van der Waals surface area contributed by atoms with E-state index in [1.165, 1.54) is 11.3 Å². The third kappa shape index (κ3) is 4.55. The summed E-state index contributed by atoms with van der Waals surface area (Å²) >= 11 is 1.53. The van der Waals surface area contributed by atoms with Crippen LogP contribution in [-0.4, -0.2) is 21.0 Å². The maximum absolute atomic E-state index is 12.5. The van der Waals surface area contributed by atoms with Crippen LogP contribution < -0.4 is 10.0 Å². The van der Waals surface area contributed by atoms with Crippen LogP contribution in [0.2, 0.25) is 0 Å². The summed E-state index contributed by atoms with van der Waals surface area (Å²) in [7, 11) is -3.44. The molecule has 1 heterocycles. The van der Waals surface area contributed by atoms with E-state index in [4.69, 9.17) is 0 Å². The number of thiophene rings is 1. The van der Waals surface area contributed by atoms with Crippen LogP contribution in [0.25, 0.3) is 0 Å². The molecular weight excluding hydrogens is 292 g/mol. The molecule has 1 aromatic heterocycles. The standard InChI is InChI=1S/C14H26N2O2S2/c1-7-15-9-12-8-13(10(2)19-12)20(17,18)16-11(3)14(4,5)6/h8,11,15-16H,7,9H2,1-6H3. The Balaban J connectivity index is 2.95. The fraction of sp³-hybridized carbons (Fsp3) is 0.714. The number of rotatable bonds is 6. The maximum Gasteiger partial charge on any atom is 0.241 e. The first-order valence-corrected chi connectivity index (χ1v) is 9.20. The Bertz CT molecular complexity index is 542. The molecule has 1 unspecified atom stereocenters. The van der Waals surface area contributed by atoms with Gasteiger partial charge >= 0.3 is 0 Å². The highest BCUT2D eigenvalue weighted by atomic mass is 32.2. The lowest BCUT2D eigenvalue weighted by Gasteiger charge is -2.27. The van der Waals surface area contributed by atoms with Crippen LogP contribution in [-0.2, 0) is 16.6 Å². The van der Waals surface area contributed by atoms with Gasteiger partial charge in [-0.1, -0.05) is 27.7 Å². The van der Waals surface area contributed by atoms with E-state index >= 15 is 0 Å². The monoisotopic (exact) mass is 318 g/mol. The van der Waals surface area contributed by atoms with Crippen molar-refractivity contribution in [1.29, 1.82) is 0 Å². The largest absolute Gasteiger partial charge is 0.312 e. The van der Waals surface area contributed by atoms with Crippen LogP contribution in [0.15, 0.2) is 11.0 Å². The predicted molar refractivity (Wildman–Crippen MR) is 85.7 cm³/mol. The van der Waals surface area contributed by atoms with Gasteiger partial charge in [-0.15, -0.1) is 11.3 Å². The van der Waals surface area contributed by atoms with Crippen LogP contribution in [0.4, 0.5) is 0 Å². The Morgan fingerprint density at radius 2 is 1.95 bits per heavy atom. The normalized spacial score (nSPS) is 14.5. The average molecular weight is 319 g/mol. The first-order valence-electron chi connectivity index (χ1n) is 6.90. The SMILES string of the molecule is CCNCc1cc(S(=O)(=O)NC(C)C(C)(C)C)c(C)s1. The van der Waals surface area contributed by atoms with Gasteiger partial charge < -0.3 is 5.32 Å². The van der Waals surface area contributed by atoms with Crippen molar-refractivity contribution in [3.8, 4) is 0 Å². The molecule has 20 heavy (non-hydrogen) atoms. The first-order chi connectivity index (χ1) is 9.08. The molecule has 0 amide bonds. The zero-order chi connectivity index (χ0) is 15.6. The molecule has 116 valence electrons. The molecular formula is C14H26N2O2S2. The predicted octanol–water partition coefficient (Wildman–Crippen LogP) is 2.88. The van der Waals surface area contributed by atoms with Crippen LogP contribution in [0.3, 0.4) is 0 Å². The molecule has 6 heteroatoms. The first kappa shape index (κ1) is 17.6. The average Bonchev–Trinajstić information content (AvgIpc) is 2.67. The van der Waals surface area contributed by atoms with Gasteiger partial charge in [0.25, 0.3) is 0 Å². The molecule has 0 bridgehead atoms. The molecule has 0 aliphatic heterocycles. The van der Waals surface area contributed by atoms with E-state index in [1.54, 1.807) is 6.07 Å². The molecule has 0 radical (unpaired) electrons. The van der Waals surface area contributed by atoms with E-state index in [-0.39, 0.29) is 11.5 Å². The lowest BCUT2D eigenvalue weighted by molar-refractivity contribution is 0.317. The molecule has 4 nitrogen and oxygen atoms in total. The van der Waals surface area contributed by atoms with Gasteiger partial charge in [0, 0.05) is 22.3 Å². The zero-order valence-corrected chi connectivity index (χ0v) is 14.8. The summed E-state index contributed by atoms with van der Waals surface area (Å²) in [5.41, 5.74) is -0.108. The molecule has 0 spiro atoms. The summed E-state index contributed by atoms with van der Waals surface area (Å²) in [5.74, 6) is 0. The van der Waals surface area contributed by atoms with Gasteiger partial charge in [-0.05, 0) is 31.9 Å². The van der Waals surface area contributed by atoms with E-state index in [1.807, 2.05) is 41.5 Å². The highest BCUT2D eigenvalue weighted by Gasteiger charge is 2.27. The molecule has 0 fully saturated rings. The molecule has 0 aliphatic carbocycles. The van der Waals surface area contributed by atoms with Gasteiger partial charge in [-0.2, -0.15) is 0 Å². The fourth-order valence-electron chi connectivity index (χ4n) is 1.60. The van der Waals surface area contributed by atoms with Gasteiger partial charge in [0.1, 0.15) is 0 Å². The van der Waals surface area contributed by atoms with E-state index in [0.717, 1.165) is 16.3 Å².